The summed E-state index contributed by atoms with van der Waals surface area (Å²) in [5.74, 6) is 0.887. The highest BCUT2D eigenvalue weighted by molar-refractivity contribution is 6.06. The maximum atomic E-state index is 13.3. The molecule has 1 aliphatic carbocycles. The molecular weight excluding hydrogens is 388 g/mol. The number of carbonyl (C=O) groups excluding carboxylic acids is 1. The summed E-state index contributed by atoms with van der Waals surface area (Å²) >= 11 is 0. The van der Waals surface area contributed by atoms with Gasteiger partial charge in [-0.2, -0.15) is 5.10 Å². The first kappa shape index (κ1) is 22.2. The van der Waals surface area contributed by atoms with E-state index in [9.17, 15) is 4.79 Å². The summed E-state index contributed by atoms with van der Waals surface area (Å²) in [5, 5.41) is 8.87. The molecule has 0 aromatic carbocycles. The smallest absolute Gasteiger partial charge is 0.252 e. The number of likely N-dealkylation sites (N-methyl/N-ethyl adjacent to an activating group) is 1. The van der Waals surface area contributed by atoms with Gasteiger partial charge in [-0.1, -0.05) is 6.92 Å². The molecule has 2 fully saturated rings. The second-order valence-corrected chi connectivity index (χ2v) is 10.7. The van der Waals surface area contributed by atoms with Crippen molar-refractivity contribution in [1.82, 2.24) is 29.9 Å². The fraction of sp³-hybridized carbons (Fsp3) is 0.708. The van der Waals surface area contributed by atoms with Gasteiger partial charge in [0.1, 0.15) is 0 Å². The van der Waals surface area contributed by atoms with Crippen molar-refractivity contribution in [3.8, 4) is 0 Å². The van der Waals surface area contributed by atoms with Crippen LogP contribution in [0.15, 0.2) is 6.07 Å². The molecular formula is C24H38N6O. The molecule has 1 aliphatic heterocycles. The number of hydrogen-bond donors (Lipinski definition) is 1. The van der Waals surface area contributed by atoms with Crippen molar-refractivity contribution >= 4 is 16.9 Å². The van der Waals surface area contributed by atoms with Crippen LogP contribution in [0.4, 0.5) is 0 Å². The van der Waals surface area contributed by atoms with Crippen LogP contribution in [-0.2, 0) is 5.54 Å². The van der Waals surface area contributed by atoms with Crippen LogP contribution in [0.1, 0.15) is 68.2 Å². The van der Waals surface area contributed by atoms with Crippen LogP contribution in [0.5, 0.6) is 0 Å². The molecule has 1 saturated heterocycles. The average Bonchev–Trinajstić information content (AvgIpc) is 3.50. The maximum absolute atomic E-state index is 13.3. The number of amides is 1. The molecule has 31 heavy (non-hydrogen) atoms. The van der Waals surface area contributed by atoms with E-state index in [1.165, 1.54) is 0 Å². The Bertz CT molecular complexity index is 947. The Morgan fingerprint density at radius 2 is 1.90 bits per heavy atom. The Hall–Kier alpha value is -1.99. The zero-order valence-corrected chi connectivity index (χ0v) is 20.0. The van der Waals surface area contributed by atoms with Crippen molar-refractivity contribution in [1.29, 1.82) is 0 Å². The Balaban J connectivity index is 1.52. The molecule has 7 heteroatoms. The topological polar surface area (TPSA) is 66.3 Å². The summed E-state index contributed by atoms with van der Waals surface area (Å²) in [7, 11) is 2.18. The first-order chi connectivity index (χ1) is 14.6. The van der Waals surface area contributed by atoms with E-state index in [4.69, 9.17) is 10.1 Å². The minimum absolute atomic E-state index is 0.00362. The van der Waals surface area contributed by atoms with Crippen LogP contribution in [0.3, 0.4) is 0 Å². The lowest BCUT2D eigenvalue weighted by molar-refractivity contribution is 0.0939. The first-order valence-corrected chi connectivity index (χ1v) is 11.7. The van der Waals surface area contributed by atoms with Gasteiger partial charge in [0, 0.05) is 50.9 Å². The molecule has 2 aromatic heterocycles. The van der Waals surface area contributed by atoms with Gasteiger partial charge in [-0.05, 0) is 59.6 Å². The predicted octanol–water partition coefficient (Wildman–Crippen LogP) is 2.99. The lowest BCUT2D eigenvalue weighted by Gasteiger charge is -2.33. The molecule has 4 rings (SSSR count). The van der Waals surface area contributed by atoms with Gasteiger partial charge in [0.05, 0.1) is 22.2 Å². The zero-order chi connectivity index (χ0) is 22.3. The number of nitrogens with zero attached hydrogens (tertiary/aromatic N) is 5. The molecule has 7 nitrogen and oxygen atoms in total. The van der Waals surface area contributed by atoms with E-state index >= 15 is 0 Å². The van der Waals surface area contributed by atoms with Crippen LogP contribution in [0.2, 0.25) is 0 Å². The number of aryl methyl sites for hydroxylation is 1. The number of aromatic nitrogens is 3. The molecule has 170 valence electrons. The molecule has 2 aliphatic rings. The third-order valence-electron chi connectivity index (χ3n) is 6.49. The molecule has 0 bridgehead atoms. The molecule has 3 heterocycles. The van der Waals surface area contributed by atoms with Crippen molar-refractivity contribution in [2.75, 3.05) is 46.3 Å². The SMILES string of the molecule is Cc1nn(C(C)(C)C)c2nc(C3CC3)cc(C(=O)NCC(C)CN3CCN(C)CC3)c12. The second kappa shape index (κ2) is 8.51. The van der Waals surface area contributed by atoms with Crippen molar-refractivity contribution < 1.29 is 4.79 Å². The fourth-order valence-electron chi connectivity index (χ4n) is 4.44. The Kier molecular flexibility index (Phi) is 6.10. The van der Waals surface area contributed by atoms with Crippen LogP contribution < -0.4 is 5.32 Å². The Labute approximate surface area is 186 Å². The molecule has 0 spiro atoms. The zero-order valence-electron chi connectivity index (χ0n) is 20.0. The van der Waals surface area contributed by atoms with E-state index in [-0.39, 0.29) is 11.4 Å². The Morgan fingerprint density at radius 3 is 2.52 bits per heavy atom. The van der Waals surface area contributed by atoms with Gasteiger partial charge in [-0.15, -0.1) is 0 Å². The van der Waals surface area contributed by atoms with Gasteiger partial charge in [-0.3, -0.25) is 4.79 Å². The van der Waals surface area contributed by atoms with Gasteiger partial charge < -0.3 is 15.1 Å². The summed E-state index contributed by atoms with van der Waals surface area (Å²) in [4.78, 5) is 23.1. The third kappa shape index (κ3) is 4.93. The minimum atomic E-state index is -0.188. The van der Waals surface area contributed by atoms with Crippen LogP contribution >= 0.6 is 0 Å². The monoisotopic (exact) mass is 426 g/mol. The van der Waals surface area contributed by atoms with Crippen LogP contribution in [-0.4, -0.2) is 76.8 Å². The third-order valence-corrected chi connectivity index (χ3v) is 6.49. The summed E-state index contributed by atoms with van der Waals surface area (Å²) in [6.07, 6.45) is 2.31. The van der Waals surface area contributed by atoms with Gasteiger partial charge in [0.15, 0.2) is 5.65 Å². The minimum Gasteiger partial charge on any atom is -0.352 e. The quantitative estimate of drug-likeness (QED) is 0.769. The number of nitrogens with one attached hydrogen (secondary N) is 1. The van der Waals surface area contributed by atoms with Crippen LogP contribution in [0, 0.1) is 12.8 Å². The van der Waals surface area contributed by atoms with Crippen molar-refractivity contribution in [2.45, 2.75) is 58.9 Å². The van der Waals surface area contributed by atoms with E-state index in [0.29, 0.717) is 18.4 Å². The van der Waals surface area contributed by atoms with Crippen LogP contribution in [0.25, 0.3) is 11.0 Å². The number of fused-ring (bicyclic) bond motifs is 1. The van der Waals surface area contributed by atoms with E-state index in [1.807, 2.05) is 17.7 Å². The summed E-state index contributed by atoms with van der Waals surface area (Å²) in [5.41, 5.74) is 3.28. The van der Waals surface area contributed by atoms with Crippen molar-refractivity contribution in [3.63, 3.8) is 0 Å². The van der Waals surface area contributed by atoms with E-state index in [2.05, 4.69) is 49.9 Å². The molecule has 0 radical (unpaired) electrons. The second-order valence-electron chi connectivity index (χ2n) is 10.7. The lowest BCUT2D eigenvalue weighted by atomic mass is 10.1. The van der Waals surface area contributed by atoms with Crippen molar-refractivity contribution in [2.24, 2.45) is 5.92 Å². The number of piperazine rings is 1. The van der Waals surface area contributed by atoms with Gasteiger partial charge in [0.25, 0.3) is 5.91 Å². The molecule has 2 aromatic rings. The number of carbonyl (C=O) groups is 1. The number of hydrogen-bond acceptors (Lipinski definition) is 5. The number of pyridine rings is 1. The Morgan fingerprint density at radius 1 is 1.23 bits per heavy atom. The maximum Gasteiger partial charge on any atom is 0.252 e. The highest BCUT2D eigenvalue weighted by Crippen LogP contribution is 2.41. The van der Waals surface area contributed by atoms with Crippen molar-refractivity contribution in [3.05, 3.63) is 23.0 Å². The molecule has 1 amide bonds. The summed E-state index contributed by atoms with van der Waals surface area (Å²) < 4.78 is 1.98. The first-order valence-electron chi connectivity index (χ1n) is 11.7. The standard InChI is InChI=1S/C24H38N6O/c1-16(15-29-11-9-28(6)10-12-29)14-25-23(31)19-13-20(18-7-8-18)26-22-21(19)17(2)27-30(22)24(3,4)5/h13,16,18H,7-12,14-15H2,1-6H3,(H,25,31). The van der Waals surface area contributed by atoms with E-state index < -0.39 is 0 Å². The molecule has 1 unspecified atom stereocenters. The highest BCUT2D eigenvalue weighted by atomic mass is 16.1. The molecule has 1 N–H and O–H groups in total. The number of rotatable bonds is 6. The van der Waals surface area contributed by atoms with E-state index in [0.717, 1.165) is 73.6 Å². The van der Waals surface area contributed by atoms with Gasteiger partial charge in [-0.25, -0.2) is 9.67 Å². The summed E-state index contributed by atoms with van der Waals surface area (Å²) in [6.45, 7) is 16.7. The molecule has 1 atom stereocenters. The van der Waals surface area contributed by atoms with Gasteiger partial charge in [0.2, 0.25) is 0 Å². The normalized spacial score (nSPS) is 19.7. The van der Waals surface area contributed by atoms with E-state index in [1.54, 1.807) is 0 Å². The predicted molar refractivity (Wildman–Crippen MR) is 125 cm³/mol. The highest BCUT2D eigenvalue weighted by Gasteiger charge is 2.30. The molecule has 1 saturated carbocycles. The summed E-state index contributed by atoms with van der Waals surface area (Å²) in [6, 6.07) is 2.02. The lowest BCUT2D eigenvalue weighted by Crippen LogP contribution is -2.46. The fourth-order valence-corrected chi connectivity index (χ4v) is 4.44. The van der Waals surface area contributed by atoms with Gasteiger partial charge >= 0.3 is 0 Å². The largest absolute Gasteiger partial charge is 0.352 e. The average molecular weight is 427 g/mol.